The summed E-state index contributed by atoms with van der Waals surface area (Å²) in [6.07, 6.45) is 21.8. The van der Waals surface area contributed by atoms with Crippen molar-refractivity contribution < 1.29 is 0 Å². The lowest BCUT2D eigenvalue weighted by molar-refractivity contribution is 0.507. The molecule has 0 N–H and O–H groups in total. The van der Waals surface area contributed by atoms with Crippen LogP contribution >= 0.6 is 15.9 Å². The Bertz CT molecular complexity index is 5710. The predicted octanol–water partition coefficient (Wildman–Crippen LogP) is 26.1. The first kappa shape index (κ1) is 72.0. The smallest absolute Gasteiger partial charge is 0.0456 e. The van der Waals surface area contributed by atoms with Gasteiger partial charge in [-0.1, -0.05) is 374 Å². The highest BCUT2D eigenvalue weighted by atomic mass is 79.9. The van der Waals surface area contributed by atoms with E-state index in [0.717, 1.165) is 55.8 Å². The van der Waals surface area contributed by atoms with Crippen LogP contribution in [0.2, 0.25) is 0 Å². The maximum absolute atomic E-state index is 3.87. The summed E-state index contributed by atoms with van der Waals surface area (Å²) in [6, 6.07) is 132. The normalized spacial score (nSPS) is 16.2. The second-order valence-corrected chi connectivity index (χ2v) is 32.2. The molecule has 2 nitrogen and oxygen atoms in total. The van der Waals surface area contributed by atoms with E-state index in [4.69, 9.17) is 0 Å². The van der Waals surface area contributed by atoms with E-state index < -0.39 is 0 Å². The van der Waals surface area contributed by atoms with Gasteiger partial charge >= 0.3 is 0 Å². The predicted molar refractivity (Wildman–Crippen MR) is 473 cm³/mol. The zero-order valence-corrected chi connectivity index (χ0v) is 65.5. The van der Waals surface area contributed by atoms with E-state index in [-0.39, 0.29) is 21.7 Å². The van der Waals surface area contributed by atoms with Crippen LogP contribution in [0, 0.1) is 0 Å². The molecule has 111 heavy (non-hydrogen) atoms. The van der Waals surface area contributed by atoms with Gasteiger partial charge in [0.05, 0.1) is 0 Å². The zero-order chi connectivity index (χ0) is 75.4. The standard InChI is InChI=1S/C54H46BrN.C54H47N/c1-39-46-32-30-44-26-15-16-27-47(44)52(46)54(37-42-22-11-5-12-23-42,38-43-24-13-6-14-25-43)48(39)28-17-29-51-53(35-40-18-7-3-8-19-40,36-41-20-9-4-10-21-41)49-34-45(55)31-33-50(49)56(51)2;1-40-46-35-34-45-28-15-16-29-47(45)52(46)54(38-43-24-11-5-12-25-43,39-44-26-13-6-14-27-44)48(40)31-19-33-51-53(36-41-20-7-3-8-21-41,37-42-22-9-4-10-23-42)49-30-17-18-32-50(49)55(51)2/h3-34H,35-38H2,1-2H3;3-35H,36-39H2,1-2H3/b28-17+,51-29+;31-19+,51-33+. The average Bonchev–Trinajstić information content (AvgIpc) is 1.57. The van der Waals surface area contributed by atoms with Gasteiger partial charge in [0.25, 0.3) is 0 Å². The third-order valence-electron chi connectivity index (χ3n) is 24.6. The quantitative estimate of drug-likeness (QED) is 0.0750. The number of hydrogen-bond acceptors (Lipinski definition) is 2. The summed E-state index contributed by atoms with van der Waals surface area (Å²) in [5, 5.41) is 5.28. The fraction of sp³-hybridized carbons (Fsp3) is 0.148. The summed E-state index contributed by atoms with van der Waals surface area (Å²) in [7, 11) is 4.51. The maximum atomic E-state index is 3.87. The van der Waals surface area contributed by atoms with Gasteiger partial charge in [-0.3, -0.25) is 0 Å². The van der Waals surface area contributed by atoms with Gasteiger partial charge in [0.15, 0.2) is 0 Å². The molecule has 2 aliphatic carbocycles. The second-order valence-electron chi connectivity index (χ2n) is 31.2. The van der Waals surface area contributed by atoms with Crippen LogP contribution in [0.15, 0.2) is 421 Å². The van der Waals surface area contributed by atoms with Crippen molar-refractivity contribution in [2.45, 2.75) is 86.9 Å². The van der Waals surface area contributed by atoms with Crippen molar-refractivity contribution in [1.29, 1.82) is 0 Å². The number of fused-ring (bicyclic) bond motifs is 8. The lowest BCUT2D eigenvalue weighted by Gasteiger charge is -2.35. The second kappa shape index (κ2) is 31.2. The van der Waals surface area contributed by atoms with E-state index in [2.05, 4.69) is 448 Å². The van der Waals surface area contributed by atoms with Gasteiger partial charge < -0.3 is 9.80 Å². The summed E-state index contributed by atoms with van der Waals surface area (Å²) >= 11 is 3.87. The molecule has 0 aromatic heterocycles. The number of halogens is 1. The van der Waals surface area contributed by atoms with E-state index in [9.17, 15) is 0 Å². The largest absolute Gasteiger partial charge is 0.347 e. The monoisotopic (exact) mass is 1500 g/mol. The van der Waals surface area contributed by atoms with Crippen LogP contribution in [0.4, 0.5) is 11.4 Å². The molecule has 3 heteroatoms. The molecule has 14 aromatic rings. The fourth-order valence-corrected chi connectivity index (χ4v) is 20.2. The molecule has 2 heterocycles. The highest BCUT2D eigenvalue weighted by Gasteiger charge is 2.50. The Morgan fingerprint density at radius 3 is 0.901 bits per heavy atom. The van der Waals surface area contributed by atoms with Crippen molar-refractivity contribution in [3.8, 4) is 0 Å². The average molecular weight is 1500 g/mol. The minimum absolute atomic E-state index is 0.248. The maximum Gasteiger partial charge on any atom is 0.0456 e. The Morgan fingerprint density at radius 2 is 0.559 bits per heavy atom. The first-order valence-electron chi connectivity index (χ1n) is 39.4. The van der Waals surface area contributed by atoms with E-state index >= 15 is 0 Å². The third-order valence-corrected chi connectivity index (χ3v) is 25.1. The number of allylic oxidation sites excluding steroid dienone is 12. The number of rotatable bonds is 20. The minimum atomic E-state index is -0.287. The van der Waals surface area contributed by atoms with Crippen molar-refractivity contribution in [1.82, 2.24) is 0 Å². The SMILES string of the molecule is CC1=C(/C=C/C=C2/N(C)c3ccc(Br)cc3C2(Cc2ccccc2)Cc2ccccc2)C(Cc2ccccc2)(Cc2ccccc2)c2c1ccc1ccccc21.CC1=C(/C=C/C=C2/N(C)c3ccccc3C2(Cc2ccccc2)Cc2ccccc2)C(Cc2ccccc2)(Cc2ccccc2)c2c1ccc1ccccc21. The van der Waals surface area contributed by atoms with Gasteiger partial charge in [0, 0.05) is 63.0 Å². The summed E-state index contributed by atoms with van der Waals surface area (Å²) in [6.45, 7) is 4.70. The molecule has 0 amide bonds. The number of hydrogen-bond donors (Lipinski definition) is 0. The minimum Gasteiger partial charge on any atom is -0.347 e. The van der Waals surface area contributed by atoms with Crippen molar-refractivity contribution in [3.05, 3.63) is 499 Å². The van der Waals surface area contributed by atoms with Crippen LogP contribution in [-0.4, -0.2) is 14.1 Å². The molecule has 0 saturated carbocycles. The van der Waals surface area contributed by atoms with Crippen molar-refractivity contribution >= 4 is 60.0 Å². The van der Waals surface area contributed by atoms with Crippen LogP contribution in [0.25, 0.3) is 32.7 Å². The number of benzene rings is 14. The summed E-state index contributed by atoms with van der Waals surface area (Å²) < 4.78 is 1.11. The fourth-order valence-electron chi connectivity index (χ4n) is 19.9. The van der Waals surface area contributed by atoms with Gasteiger partial charge in [0.1, 0.15) is 0 Å². The van der Waals surface area contributed by atoms with E-state index in [1.807, 2.05) is 0 Å². The topological polar surface area (TPSA) is 6.48 Å². The van der Waals surface area contributed by atoms with Crippen LogP contribution in [0.3, 0.4) is 0 Å². The molecule has 18 rings (SSSR count). The van der Waals surface area contributed by atoms with Crippen molar-refractivity contribution in [3.63, 3.8) is 0 Å². The van der Waals surface area contributed by atoms with Gasteiger partial charge in [-0.25, -0.2) is 0 Å². The van der Waals surface area contributed by atoms with Crippen LogP contribution in [0.1, 0.15) is 91.7 Å². The molecule has 2 aliphatic heterocycles. The summed E-state index contributed by atoms with van der Waals surface area (Å²) in [5.74, 6) is 0. The van der Waals surface area contributed by atoms with Crippen LogP contribution < -0.4 is 9.80 Å². The zero-order valence-electron chi connectivity index (χ0n) is 64.0. The number of likely N-dealkylation sites (N-methyl/N-ethyl adjacent to an activating group) is 2. The molecule has 0 saturated heterocycles. The molecule has 0 unspecified atom stereocenters. The molecule has 14 aromatic carbocycles. The Balaban J connectivity index is 0.000000161. The lowest BCUT2D eigenvalue weighted by Crippen LogP contribution is -2.34. The molecule has 0 spiro atoms. The van der Waals surface area contributed by atoms with Crippen molar-refractivity contribution in [2.75, 3.05) is 23.9 Å². The number of para-hydroxylation sites is 1. The Morgan fingerprint density at radius 1 is 0.279 bits per heavy atom. The lowest BCUT2D eigenvalue weighted by atomic mass is 9.67. The van der Waals surface area contributed by atoms with Gasteiger partial charge in [-0.05, 0) is 223 Å². The summed E-state index contributed by atoms with van der Waals surface area (Å²) in [5.41, 5.74) is 28.8. The van der Waals surface area contributed by atoms with Crippen LogP contribution in [-0.2, 0) is 73.0 Å². The molecular formula is C108H93BrN2. The highest BCUT2D eigenvalue weighted by Crippen LogP contribution is 2.58. The number of anilines is 2. The Kier molecular flexibility index (Phi) is 20.3. The van der Waals surface area contributed by atoms with Crippen molar-refractivity contribution in [2.24, 2.45) is 0 Å². The Hall–Kier alpha value is -11.9. The van der Waals surface area contributed by atoms with E-state index in [1.54, 1.807) is 0 Å². The molecule has 0 atom stereocenters. The third kappa shape index (κ3) is 13.8. The van der Waals surface area contributed by atoms with E-state index in [1.165, 1.54) is 144 Å². The first-order chi connectivity index (χ1) is 54.5. The Labute approximate surface area is 665 Å². The molecular weight excluding hydrogens is 1410 g/mol. The first-order valence-corrected chi connectivity index (χ1v) is 40.2. The molecule has 4 aliphatic rings. The number of nitrogens with zero attached hydrogens (tertiary/aromatic N) is 2. The molecule has 0 radical (unpaired) electrons. The highest BCUT2D eigenvalue weighted by molar-refractivity contribution is 9.10. The van der Waals surface area contributed by atoms with E-state index in [0.29, 0.717) is 0 Å². The van der Waals surface area contributed by atoms with Crippen LogP contribution in [0.5, 0.6) is 0 Å². The molecule has 0 fully saturated rings. The van der Waals surface area contributed by atoms with Gasteiger partial charge in [-0.2, -0.15) is 0 Å². The van der Waals surface area contributed by atoms with Gasteiger partial charge in [-0.15, -0.1) is 0 Å². The van der Waals surface area contributed by atoms with Gasteiger partial charge in [0.2, 0.25) is 0 Å². The molecule has 542 valence electrons. The molecule has 0 bridgehead atoms. The summed E-state index contributed by atoms with van der Waals surface area (Å²) in [4.78, 5) is 4.89.